The number of sulfonamides is 1. The molecule has 1 amide bonds. The van der Waals surface area contributed by atoms with E-state index in [1.165, 1.54) is 24.3 Å². The zero-order valence-electron chi connectivity index (χ0n) is 15.9. The second-order valence-corrected chi connectivity index (χ2v) is 7.59. The molecule has 1 rings (SSSR count). The first-order valence-corrected chi connectivity index (χ1v) is 10.3. The predicted molar refractivity (Wildman–Crippen MR) is 102 cm³/mol. The first-order valence-electron chi connectivity index (χ1n) is 8.77. The van der Waals surface area contributed by atoms with Gasteiger partial charge in [-0.05, 0) is 49.9 Å². The minimum absolute atomic E-state index is 0.0380. The Labute approximate surface area is 156 Å². The Kier molecular flexibility index (Phi) is 10.6. The van der Waals surface area contributed by atoms with Crippen LogP contribution < -0.4 is 10.5 Å². The largest absolute Gasteiger partial charge is 0.481 e. The van der Waals surface area contributed by atoms with Crippen molar-refractivity contribution < 1.29 is 23.1 Å². The van der Waals surface area contributed by atoms with E-state index < -0.39 is 21.9 Å². The molecular weight excluding hydrogens is 356 g/mol. The van der Waals surface area contributed by atoms with Crippen LogP contribution in [0.2, 0.25) is 0 Å². The summed E-state index contributed by atoms with van der Waals surface area (Å²) in [4.78, 5) is 21.9. The summed E-state index contributed by atoms with van der Waals surface area (Å²) in [6, 6.07) is 5.71. The van der Waals surface area contributed by atoms with Crippen molar-refractivity contribution >= 4 is 27.6 Å². The molecule has 7 nitrogen and oxygen atoms in total. The van der Waals surface area contributed by atoms with Crippen molar-refractivity contribution in [2.75, 3.05) is 5.73 Å². The van der Waals surface area contributed by atoms with Crippen LogP contribution >= 0.6 is 0 Å². The van der Waals surface area contributed by atoms with Crippen LogP contribution in [0.5, 0.6) is 0 Å². The number of nitrogens with one attached hydrogen (secondary N) is 1. The molecule has 0 fully saturated rings. The van der Waals surface area contributed by atoms with E-state index in [2.05, 4.69) is 4.72 Å². The third kappa shape index (κ3) is 7.86. The number of benzene rings is 1. The maximum absolute atomic E-state index is 11.9. The Bertz CT molecular complexity index is 663. The van der Waals surface area contributed by atoms with Gasteiger partial charge >= 0.3 is 5.97 Å². The lowest BCUT2D eigenvalue weighted by Gasteiger charge is -2.13. The molecule has 0 unspecified atom stereocenters. The molecule has 148 valence electrons. The molecule has 8 heteroatoms. The molecule has 0 heterocycles. The number of hydrogen-bond donors (Lipinski definition) is 3. The number of carboxylic acids is 1. The molecule has 1 aromatic carbocycles. The Morgan fingerprint density at radius 2 is 1.38 bits per heavy atom. The second kappa shape index (κ2) is 11.5. The average molecular weight is 387 g/mol. The number of nitrogens with two attached hydrogens (primary N) is 1. The standard InChI is InChI=1S/C12H18N2O3S.C6H12O2/c1-3-9(4-2)12(15)14-18(16,17)11-7-5-10(13)6-8-11;1-3-5(4-2)6(7)8/h5-9H,3-4,13H2,1-2H3,(H,14,15);5H,3-4H2,1-2H3,(H,7,8). The zero-order chi connectivity index (χ0) is 20.3. The smallest absolute Gasteiger partial charge is 0.306 e. The summed E-state index contributed by atoms with van der Waals surface area (Å²) >= 11 is 0. The van der Waals surface area contributed by atoms with E-state index >= 15 is 0 Å². The molecule has 0 spiro atoms. The number of carboxylic acid groups (broad SMARTS) is 1. The lowest BCUT2D eigenvalue weighted by Crippen LogP contribution is -2.35. The molecule has 0 aliphatic rings. The number of nitrogen functional groups attached to an aromatic ring is 1. The second-order valence-electron chi connectivity index (χ2n) is 5.90. The lowest BCUT2D eigenvalue weighted by molar-refractivity contribution is -0.141. The molecular formula is C18H30N2O5S. The van der Waals surface area contributed by atoms with Crippen molar-refractivity contribution in [3.8, 4) is 0 Å². The Morgan fingerprint density at radius 3 is 1.69 bits per heavy atom. The minimum atomic E-state index is -3.80. The summed E-state index contributed by atoms with van der Waals surface area (Å²) in [5, 5.41) is 8.37. The molecule has 0 atom stereocenters. The van der Waals surface area contributed by atoms with Gasteiger partial charge in [0.1, 0.15) is 0 Å². The molecule has 0 aliphatic heterocycles. The van der Waals surface area contributed by atoms with Gasteiger partial charge in [-0.15, -0.1) is 0 Å². The van der Waals surface area contributed by atoms with Crippen LogP contribution in [0.1, 0.15) is 53.4 Å². The summed E-state index contributed by atoms with van der Waals surface area (Å²) in [6.07, 6.45) is 2.71. The molecule has 1 aromatic rings. The van der Waals surface area contributed by atoms with Crippen molar-refractivity contribution in [3.63, 3.8) is 0 Å². The van der Waals surface area contributed by atoms with Crippen LogP contribution in [-0.4, -0.2) is 25.4 Å². The number of hydrogen-bond acceptors (Lipinski definition) is 5. The highest BCUT2D eigenvalue weighted by Gasteiger charge is 2.22. The van der Waals surface area contributed by atoms with Gasteiger partial charge in [-0.1, -0.05) is 27.7 Å². The maximum Gasteiger partial charge on any atom is 0.306 e. The topological polar surface area (TPSA) is 127 Å². The van der Waals surface area contributed by atoms with Gasteiger partial charge in [0.25, 0.3) is 10.0 Å². The molecule has 4 N–H and O–H groups in total. The fourth-order valence-electron chi connectivity index (χ4n) is 2.22. The number of carbonyl (C=O) groups excluding carboxylic acids is 1. The number of amides is 1. The van der Waals surface area contributed by atoms with E-state index in [9.17, 15) is 18.0 Å². The van der Waals surface area contributed by atoms with E-state index in [4.69, 9.17) is 10.8 Å². The Hall–Kier alpha value is -2.09. The summed E-state index contributed by atoms with van der Waals surface area (Å²) in [5.41, 5.74) is 5.95. The van der Waals surface area contributed by atoms with Gasteiger partial charge in [0.05, 0.1) is 10.8 Å². The van der Waals surface area contributed by atoms with Gasteiger partial charge in [-0.3, -0.25) is 9.59 Å². The van der Waals surface area contributed by atoms with Crippen molar-refractivity contribution in [1.29, 1.82) is 0 Å². The summed E-state index contributed by atoms with van der Waals surface area (Å²) < 4.78 is 25.9. The number of carbonyl (C=O) groups is 2. The summed E-state index contributed by atoms with van der Waals surface area (Å²) in [6.45, 7) is 7.48. The highest BCUT2D eigenvalue weighted by atomic mass is 32.2. The molecule has 0 aliphatic carbocycles. The quantitative estimate of drug-likeness (QED) is 0.589. The van der Waals surface area contributed by atoms with E-state index in [-0.39, 0.29) is 16.7 Å². The maximum atomic E-state index is 11.9. The summed E-state index contributed by atoms with van der Waals surface area (Å²) in [5.74, 6) is -1.55. The van der Waals surface area contributed by atoms with Crippen LogP contribution in [0.15, 0.2) is 29.2 Å². The van der Waals surface area contributed by atoms with Crippen molar-refractivity contribution in [2.24, 2.45) is 11.8 Å². The normalized spacial score (nSPS) is 11.0. The van der Waals surface area contributed by atoms with Crippen LogP contribution in [-0.2, 0) is 19.6 Å². The first-order chi connectivity index (χ1) is 12.1. The highest BCUT2D eigenvalue weighted by Crippen LogP contribution is 2.14. The van der Waals surface area contributed by atoms with Crippen LogP contribution in [0.25, 0.3) is 0 Å². The van der Waals surface area contributed by atoms with E-state index in [1.807, 2.05) is 27.7 Å². The predicted octanol–water partition coefficient (Wildman–Crippen LogP) is 3.02. The lowest BCUT2D eigenvalue weighted by atomic mass is 10.0. The monoisotopic (exact) mass is 386 g/mol. The fourth-order valence-corrected chi connectivity index (χ4v) is 3.26. The average Bonchev–Trinajstić information content (AvgIpc) is 2.57. The van der Waals surface area contributed by atoms with E-state index in [1.54, 1.807) is 0 Å². The highest BCUT2D eigenvalue weighted by molar-refractivity contribution is 7.90. The zero-order valence-corrected chi connectivity index (χ0v) is 16.7. The molecule has 0 bridgehead atoms. The number of aliphatic carboxylic acids is 1. The molecule has 0 radical (unpaired) electrons. The van der Waals surface area contributed by atoms with Gasteiger partial charge < -0.3 is 10.8 Å². The van der Waals surface area contributed by atoms with Crippen molar-refractivity contribution in [2.45, 2.75) is 58.3 Å². The van der Waals surface area contributed by atoms with Gasteiger partial charge in [-0.2, -0.15) is 0 Å². The van der Waals surface area contributed by atoms with Gasteiger partial charge in [0.2, 0.25) is 5.91 Å². The Morgan fingerprint density at radius 1 is 0.962 bits per heavy atom. The van der Waals surface area contributed by atoms with E-state index in [0.717, 1.165) is 12.8 Å². The van der Waals surface area contributed by atoms with Gasteiger partial charge in [0.15, 0.2) is 0 Å². The SMILES string of the molecule is CCC(CC)C(=O)NS(=O)(=O)c1ccc(N)cc1.CCC(CC)C(=O)O. The van der Waals surface area contributed by atoms with Crippen LogP contribution in [0.4, 0.5) is 5.69 Å². The van der Waals surface area contributed by atoms with Crippen LogP contribution in [0.3, 0.4) is 0 Å². The summed E-state index contributed by atoms with van der Waals surface area (Å²) in [7, 11) is -3.80. The molecule has 0 saturated carbocycles. The molecule has 26 heavy (non-hydrogen) atoms. The third-order valence-corrected chi connectivity index (χ3v) is 5.48. The minimum Gasteiger partial charge on any atom is -0.481 e. The fraction of sp³-hybridized carbons (Fsp3) is 0.556. The first kappa shape index (κ1) is 23.9. The molecule has 0 aromatic heterocycles. The van der Waals surface area contributed by atoms with Crippen LogP contribution in [0, 0.1) is 11.8 Å². The Balaban J connectivity index is 0.000000660. The van der Waals surface area contributed by atoms with Crippen molar-refractivity contribution in [3.05, 3.63) is 24.3 Å². The van der Waals surface area contributed by atoms with Gasteiger partial charge in [0, 0.05) is 11.6 Å². The number of anilines is 1. The van der Waals surface area contributed by atoms with Crippen molar-refractivity contribution in [1.82, 2.24) is 4.72 Å². The number of rotatable bonds is 8. The van der Waals surface area contributed by atoms with Gasteiger partial charge in [-0.25, -0.2) is 13.1 Å². The van der Waals surface area contributed by atoms with E-state index in [0.29, 0.717) is 18.5 Å². The molecule has 0 saturated heterocycles. The third-order valence-electron chi connectivity index (χ3n) is 4.12.